The molecule has 1 aromatic heterocycles. The lowest BCUT2D eigenvalue weighted by Gasteiger charge is -2.14. The number of hydrogen-bond acceptors (Lipinski definition) is 6. The lowest BCUT2D eigenvalue weighted by atomic mass is 9.90. The van der Waals surface area contributed by atoms with Crippen LogP contribution in [0.15, 0.2) is 48.8 Å². The Kier molecular flexibility index (Phi) is 7.85. The van der Waals surface area contributed by atoms with Gasteiger partial charge in [0.05, 0.1) is 33.8 Å². The van der Waals surface area contributed by atoms with Gasteiger partial charge in [-0.2, -0.15) is 0 Å². The molecular weight excluding hydrogens is 481 g/mol. The fraction of sp³-hybridized carbons (Fsp3) is 0.296. The third-order valence-electron chi connectivity index (χ3n) is 5.67. The van der Waals surface area contributed by atoms with Gasteiger partial charge in [0.1, 0.15) is 18.0 Å². The monoisotopic (exact) mass is 507 g/mol. The van der Waals surface area contributed by atoms with Gasteiger partial charge in [-0.1, -0.05) is 29.5 Å². The smallest absolute Gasteiger partial charge is 0.248 e. The van der Waals surface area contributed by atoms with Crippen LogP contribution in [-0.2, 0) is 9.53 Å². The van der Waals surface area contributed by atoms with Crippen molar-refractivity contribution >= 4 is 45.6 Å². The molecule has 1 atom stereocenters. The van der Waals surface area contributed by atoms with E-state index in [1.165, 1.54) is 24.5 Å². The number of hydrogen-bond donors (Lipinski definition) is 2. The Bertz CT molecular complexity index is 1370. The van der Waals surface area contributed by atoms with Gasteiger partial charge < -0.3 is 20.3 Å². The number of benzene rings is 2. The maximum Gasteiger partial charge on any atom is 0.248 e. The molecule has 0 spiro atoms. The average molecular weight is 508 g/mol. The van der Waals surface area contributed by atoms with Gasteiger partial charge in [0.15, 0.2) is 0 Å². The van der Waals surface area contributed by atoms with E-state index in [-0.39, 0.29) is 16.3 Å². The molecule has 0 saturated carbocycles. The maximum absolute atomic E-state index is 13.6. The molecule has 2 aromatic carbocycles. The minimum atomic E-state index is -0.508. The standard InChI is InChI=1S/C27H27ClFN5O2/c1-27(10-12-36-16-27)9-8-18-13-24-20(15-23(18)33-25(35)5-4-11-34(2)3)26(31-17-30-24)32-19-6-7-22(29)21(28)14-19/h4-7,13-15,17H,10-12,16H2,1-3H3,(H,33,35)(H,30,31,32)/b5-4+. The second kappa shape index (κ2) is 11.0. The number of aromatic nitrogens is 2. The molecule has 1 unspecified atom stereocenters. The van der Waals surface area contributed by atoms with Crippen LogP contribution in [0, 0.1) is 23.1 Å². The molecule has 36 heavy (non-hydrogen) atoms. The lowest BCUT2D eigenvalue weighted by Crippen LogP contribution is -2.14. The molecule has 0 aliphatic carbocycles. The van der Waals surface area contributed by atoms with Gasteiger partial charge in [0, 0.05) is 30.3 Å². The van der Waals surface area contributed by atoms with E-state index >= 15 is 0 Å². The largest absolute Gasteiger partial charge is 0.380 e. The van der Waals surface area contributed by atoms with Crippen molar-refractivity contribution in [1.29, 1.82) is 0 Å². The van der Waals surface area contributed by atoms with Gasteiger partial charge >= 0.3 is 0 Å². The van der Waals surface area contributed by atoms with Gasteiger partial charge in [-0.25, -0.2) is 14.4 Å². The van der Waals surface area contributed by atoms with E-state index in [1.54, 1.807) is 18.2 Å². The van der Waals surface area contributed by atoms with Crippen LogP contribution in [0.1, 0.15) is 18.9 Å². The highest BCUT2D eigenvalue weighted by molar-refractivity contribution is 6.31. The summed E-state index contributed by atoms with van der Waals surface area (Å²) >= 11 is 5.93. The predicted octanol–water partition coefficient (Wildman–Crippen LogP) is 5.00. The molecule has 0 bridgehead atoms. The number of ether oxygens (including phenoxy) is 1. The number of carbonyl (C=O) groups excluding carboxylic acids is 1. The third kappa shape index (κ3) is 6.38. The lowest BCUT2D eigenvalue weighted by molar-refractivity contribution is -0.111. The van der Waals surface area contributed by atoms with Crippen LogP contribution >= 0.6 is 11.6 Å². The van der Waals surface area contributed by atoms with Crippen molar-refractivity contribution in [2.45, 2.75) is 13.3 Å². The zero-order chi connectivity index (χ0) is 25.7. The summed E-state index contributed by atoms with van der Waals surface area (Å²) in [5.74, 6) is 6.25. The third-order valence-corrected chi connectivity index (χ3v) is 5.96. The second-order valence-corrected chi connectivity index (χ2v) is 9.57. The summed E-state index contributed by atoms with van der Waals surface area (Å²) in [6.07, 6.45) is 5.56. The Hall–Kier alpha value is -3.51. The van der Waals surface area contributed by atoms with Gasteiger partial charge in [0.25, 0.3) is 0 Å². The Morgan fingerprint density at radius 1 is 1.31 bits per heavy atom. The van der Waals surface area contributed by atoms with E-state index in [9.17, 15) is 9.18 Å². The molecular formula is C27H27ClFN5O2. The number of amides is 1. The van der Waals surface area contributed by atoms with E-state index < -0.39 is 5.82 Å². The topological polar surface area (TPSA) is 79.4 Å². The van der Waals surface area contributed by atoms with E-state index in [4.69, 9.17) is 16.3 Å². The van der Waals surface area contributed by atoms with Gasteiger partial charge in [-0.05, 0) is 57.8 Å². The fourth-order valence-corrected chi connectivity index (χ4v) is 3.83. The first-order valence-corrected chi connectivity index (χ1v) is 11.8. The number of fused-ring (bicyclic) bond motifs is 1. The van der Waals surface area contributed by atoms with Crippen LogP contribution in [0.5, 0.6) is 0 Å². The average Bonchev–Trinajstić information content (AvgIpc) is 3.27. The predicted molar refractivity (Wildman–Crippen MR) is 141 cm³/mol. The number of carbonyl (C=O) groups is 1. The number of nitrogens with one attached hydrogen (secondary N) is 2. The number of rotatable bonds is 6. The summed E-state index contributed by atoms with van der Waals surface area (Å²) in [6, 6.07) is 7.94. The number of anilines is 3. The van der Waals surface area contributed by atoms with Crippen LogP contribution in [0.3, 0.4) is 0 Å². The molecule has 1 aliphatic heterocycles. The number of nitrogens with zero attached hydrogens (tertiary/aromatic N) is 3. The minimum Gasteiger partial charge on any atom is -0.380 e. The highest BCUT2D eigenvalue weighted by atomic mass is 35.5. The van der Waals surface area contributed by atoms with Crippen molar-refractivity contribution in [3.8, 4) is 11.8 Å². The van der Waals surface area contributed by atoms with Crippen LogP contribution in [0.25, 0.3) is 10.9 Å². The Labute approximate surface area is 214 Å². The number of halogens is 2. The molecule has 0 radical (unpaired) electrons. The Morgan fingerprint density at radius 2 is 2.14 bits per heavy atom. The van der Waals surface area contributed by atoms with Gasteiger partial charge in [-0.3, -0.25) is 4.79 Å². The van der Waals surface area contributed by atoms with Crippen molar-refractivity contribution in [3.05, 3.63) is 65.2 Å². The molecule has 2 N–H and O–H groups in total. The van der Waals surface area contributed by atoms with E-state index in [0.29, 0.717) is 53.4 Å². The molecule has 2 heterocycles. The molecule has 1 fully saturated rings. The zero-order valence-corrected chi connectivity index (χ0v) is 21.1. The normalized spacial score (nSPS) is 17.4. The molecule has 1 aliphatic rings. The van der Waals surface area contributed by atoms with Crippen molar-refractivity contribution < 1.29 is 13.9 Å². The van der Waals surface area contributed by atoms with Crippen molar-refractivity contribution in [2.24, 2.45) is 5.41 Å². The zero-order valence-electron chi connectivity index (χ0n) is 20.4. The molecule has 7 nitrogen and oxygen atoms in total. The highest BCUT2D eigenvalue weighted by Gasteiger charge is 2.27. The fourth-order valence-electron chi connectivity index (χ4n) is 3.65. The molecule has 1 saturated heterocycles. The summed E-state index contributed by atoms with van der Waals surface area (Å²) in [5, 5.41) is 6.75. The van der Waals surface area contributed by atoms with Crippen LogP contribution in [0.4, 0.5) is 21.6 Å². The minimum absolute atomic E-state index is 0.00206. The van der Waals surface area contributed by atoms with Gasteiger partial charge in [-0.15, -0.1) is 0 Å². The highest BCUT2D eigenvalue weighted by Crippen LogP contribution is 2.31. The Morgan fingerprint density at radius 3 is 2.86 bits per heavy atom. The molecule has 186 valence electrons. The molecule has 3 aromatic rings. The van der Waals surface area contributed by atoms with E-state index in [0.717, 1.165) is 6.42 Å². The summed E-state index contributed by atoms with van der Waals surface area (Å²) in [6.45, 7) is 3.95. The maximum atomic E-state index is 13.6. The van der Waals surface area contributed by atoms with Crippen LogP contribution < -0.4 is 10.6 Å². The SMILES string of the molecule is CN(C)C/C=C/C(=O)Nc1cc2c(Nc3ccc(F)c(Cl)c3)ncnc2cc1C#CC1(C)CCOC1. The van der Waals surface area contributed by atoms with Gasteiger partial charge in [0.2, 0.25) is 5.91 Å². The summed E-state index contributed by atoms with van der Waals surface area (Å²) < 4.78 is 19.1. The van der Waals surface area contributed by atoms with Crippen molar-refractivity contribution in [3.63, 3.8) is 0 Å². The van der Waals surface area contributed by atoms with E-state index in [1.807, 2.05) is 25.1 Å². The first-order chi connectivity index (χ1) is 17.2. The van der Waals surface area contributed by atoms with Crippen molar-refractivity contribution in [2.75, 3.05) is 44.5 Å². The molecule has 4 rings (SSSR count). The second-order valence-electron chi connectivity index (χ2n) is 9.16. The van der Waals surface area contributed by atoms with Crippen LogP contribution in [-0.4, -0.2) is 54.6 Å². The summed E-state index contributed by atoms with van der Waals surface area (Å²) in [7, 11) is 3.85. The molecule has 1 amide bonds. The van der Waals surface area contributed by atoms with Crippen molar-refractivity contribution in [1.82, 2.24) is 14.9 Å². The Balaban J connectivity index is 1.73. The van der Waals surface area contributed by atoms with Crippen LogP contribution in [0.2, 0.25) is 5.02 Å². The number of likely N-dealkylation sites (N-methyl/N-ethyl adjacent to an activating group) is 1. The first kappa shape index (κ1) is 25.6. The quantitative estimate of drug-likeness (QED) is 0.361. The summed E-state index contributed by atoms with van der Waals surface area (Å²) in [5.41, 5.74) is 2.13. The first-order valence-electron chi connectivity index (χ1n) is 11.5. The molecule has 9 heteroatoms. The summed E-state index contributed by atoms with van der Waals surface area (Å²) in [4.78, 5) is 23.4. The van der Waals surface area contributed by atoms with E-state index in [2.05, 4.69) is 39.4 Å².